The lowest BCUT2D eigenvalue weighted by atomic mass is 9.96. The molecule has 2 fully saturated rings. The van der Waals surface area contributed by atoms with Crippen LogP contribution in [0.2, 0.25) is 0 Å². The number of amides is 2. The molecule has 3 heterocycles. The number of carbonyl (C=O) groups is 1. The summed E-state index contributed by atoms with van der Waals surface area (Å²) in [4.78, 5) is 18.6. The van der Waals surface area contributed by atoms with Crippen LogP contribution in [0.15, 0.2) is 30.6 Å². The van der Waals surface area contributed by atoms with Crippen LogP contribution in [-0.2, 0) is 0 Å². The van der Waals surface area contributed by atoms with E-state index in [-0.39, 0.29) is 12.1 Å². The molecule has 1 aliphatic heterocycles. The minimum atomic E-state index is -0.0201. The number of aromatic nitrogens is 3. The molecule has 2 aromatic rings. The van der Waals surface area contributed by atoms with Gasteiger partial charge in [-0.1, -0.05) is 19.3 Å². The summed E-state index contributed by atoms with van der Waals surface area (Å²) in [5.74, 6) is 0.931. The molecule has 7 nitrogen and oxygen atoms in total. The van der Waals surface area contributed by atoms with Crippen molar-refractivity contribution in [3.05, 3.63) is 30.6 Å². The number of anilines is 1. The zero-order chi connectivity index (χ0) is 18.5. The van der Waals surface area contributed by atoms with Crippen molar-refractivity contribution in [1.29, 1.82) is 0 Å². The molecule has 0 radical (unpaired) electrons. The Balaban J connectivity index is 1.33. The molecule has 1 atom stereocenters. The zero-order valence-corrected chi connectivity index (χ0v) is 15.7. The summed E-state index contributed by atoms with van der Waals surface area (Å²) in [5.41, 5.74) is 2.06. The van der Waals surface area contributed by atoms with Crippen molar-refractivity contribution in [1.82, 2.24) is 25.8 Å². The summed E-state index contributed by atoms with van der Waals surface area (Å²) >= 11 is 0. The van der Waals surface area contributed by atoms with Crippen molar-refractivity contribution >= 4 is 11.8 Å². The Hall–Kier alpha value is -2.57. The van der Waals surface area contributed by atoms with Gasteiger partial charge < -0.3 is 15.5 Å². The number of hydrogen-bond acceptors (Lipinski definition) is 4. The Morgan fingerprint density at radius 1 is 1.04 bits per heavy atom. The molecule has 0 bridgehead atoms. The molecule has 2 aliphatic rings. The molecule has 3 N–H and O–H groups in total. The second-order valence-electron chi connectivity index (χ2n) is 7.61. The van der Waals surface area contributed by atoms with Crippen LogP contribution in [0, 0.1) is 0 Å². The predicted octanol–water partition coefficient (Wildman–Crippen LogP) is 3.07. The van der Waals surface area contributed by atoms with Crippen molar-refractivity contribution in [2.45, 2.75) is 57.0 Å². The second kappa shape index (κ2) is 8.41. The number of urea groups is 1. The van der Waals surface area contributed by atoms with Gasteiger partial charge in [-0.15, -0.1) is 0 Å². The minimum Gasteiger partial charge on any atom is -0.353 e. The highest BCUT2D eigenvalue weighted by Gasteiger charge is 2.24. The Morgan fingerprint density at radius 3 is 2.59 bits per heavy atom. The smallest absolute Gasteiger partial charge is 0.315 e. The van der Waals surface area contributed by atoms with E-state index in [0.29, 0.717) is 6.04 Å². The third-order valence-corrected chi connectivity index (χ3v) is 5.58. The summed E-state index contributed by atoms with van der Waals surface area (Å²) in [6.45, 7) is 1.75. The van der Waals surface area contributed by atoms with Gasteiger partial charge in [-0.25, -0.2) is 4.79 Å². The van der Waals surface area contributed by atoms with Crippen LogP contribution in [-0.4, -0.2) is 46.4 Å². The predicted molar refractivity (Wildman–Crippen MR) is 106 cm³/mol. The first kappa shape index (κ1) is 17.8. The molecule has 2 amide bonds. The van der Waals surface area contributed by atoms with Crippen LogP contribution >= 0.6 is 0 Å². The number of pyridine rings is 1. The molecular formula is C20H28N6O. The third-order valence-electron chi connectivity index (χ3n) is 5.58. The highest BCUT2D eigenvalue weighted by Crippen LogP contribution is 2.24. The molecule has 144 valence electrons. The van der Waals surface area contributed by atoms with Gasteiger partial charge in [-0.05, 0) is 37.8 Å². The second-order valence-corrected chi connectivity index (χ2v) is 7.61. The van der Waals surface area contributed by atoms with E-state index in [2.05, 4.69) is 36.8 Å². The van der Waals surface area contributed by atoms with Crippen molar-refractivity contribution in [2.75, 3.05) is 18.0 Å². The first-order chi connectivity index (χ1) is 13.3. The van der Waals surface area contributed by atoms with Crippen LogP contribution in [0.25, 0.3) is 11.3 Å². The van der Waals surface area contributed by atoms with E-state index in [1.807, 2.05) is 12.1 Å². The minimum absolute atomic E-state index is 0.0201. The lowest BCUT2D eigenvalue weighted by Gasteiger charge is -2.33. The Kier molecular flexibility index (Phi) is 5.55. The van der Waals surface area contributed by atoms with Gasteiger partial charge in [0.15, 0.2) is 5.82 Å². The molecule has 1 unspecified atom stereocenters. The first-order valence-corrected chi connectivity index (χ1v) is 10.1. The van der Waals surface area contributed by atoms with Gasteiger partial charge in [0.05, 0.1) is 5.69 Å². The van der Waals surface area contributed by atoms with Crippen molar-refractivity contribution in [2.24, 2.45) is 0 Å². The number of nitrogens with one attached hydrogen (secondary N) is 3. The standard InChI is InChI=1S/C20H28N6O/c27-20(22-16-5-2-1-3-6-16)23-17-7-4-12-26(14-17)19-13-18(24-25-19)15-8-10-21-11-9-15/h8-11,13,16-17H,1-7,12,14H2,(H,24,25)(H2,22,23,27). The van der Waals surface area contributed by atoms with Crippen LogP contribution in [0.3, 0.4) is 0 Å². The average molecular weight is 368 g/mol. The van der Waals surface area contributed by atoms with Gasteiger partial charge in [-0.3, -0.25) is 10.1 Å². The quantitative estimate of drug-likeness (QED) is 0.774. The Labute approximate surface area is 159 Å². The fourth-order valence-electron chi connectivity index (χ4n) is 4.11. The maximum atomic E-state index is 12.3. The van der Waals surface area contributed by atoms with Crippen LogP contribution in [0.4, 0.5) is 10.6 Å². The fourth-order valence-corrected chi connectivity index (χ4v) is 4.11. The average Bonchev–Trinajstić information content (AvgIpc) is 3.20. The van der Waals surface area contributed by atoms with E-state index >= 15 is 0 Å². The third kappa shape index (κ3) is 4.59. The zero-order valence-electron chi connectivity index (χ0n) is 15.7. The molecule has 7 heteroatoms. The molecule has 27 heavy (non-hydrogen) atoms. The number of piperidine rings is 1. The van der Waals surface area contributed by atoms with Crippen molar-refractivity contribution in [3.63, 3.8) is 0 Å². The normalized spacial score (nSPS) is 21.0. The summed E-state index contributed by atoms with van der Waals surface area (Å²) in [6, 6.07) is 6.48. The van der Waals surface area contributed by atoms with Crippen molar-refractivity contribution < 1.29 is 4.79 Å². The number of aromatic amines is 1. The Bertz CT molecular complexity index is 740. The maximum absolute atomic E-state index is 12.3. The largest absolute Gasteiger partial charge is 0.353 e. The van der Waals surface area contributed by atoms with Gasteiger partial charge in [0, 0.05) is 49.2 Å². The van der Waals surface area contributed by atoms with Gasteiger partial charge in [0.2, 0.25) is 0 Å². The van der Waals surface area contributed by atoms with E-state index in [9.17, 15) is 4.79 Å². The highest BCUT2D eigenvalue weighted by molar-refractivity contribution is 5.74. The van der Waals surface area contributed by atoms with E-state index < -0.39 is 0 Å². The van der Waals surface area contributed by atoms with E-state index in [4.69, 9.17) is 0 Å². The van der Waals surface area contributed by atoms with E-state index in [1.165, 1.54) is 19.3 Å². The fraction of sp³-hybridized carbons (Fsp3) is 0.550. The topological polar surface area (TPSA) is 85.9 Å². The lowest BCUT2D eigenvalue weighted by Crippen LogP contribution is -2.52. The number of hydrogen-bond donors (Lipinski definition) is 3. The number of H-pyrrole nitrogens is 1. The molecule has 1 saturated heterocycles. The number of nitrogens with zero attached hydrogens (tertiary/aromatic N) is 3. The molecular weight excluding hydrogens is 340 g/mol. The molecule has 0 aromatic carbocycles. The van der Waals surface area contributed by atoms with Crippen LogP contribution < -0.4 is 15.5 Å². The maximum Gasteiger partial charge on any atom is 0.315 e. The Morgan fingerprint density at radius 2 is 1.78 bits per heavy atom. The van der Waals surface area contributed by atoms with Crippen LogP contribution in [0.1, 0.15) is 44.9 Å². The lowest BCUT2D eigenvalue weighted by molar-refractivity contribution is 0.227. The van der Waals surface area contributed by atoms with E-state index in [0.717, 1.165) is 55.8 Å². The summed E-state index contributed by atoms with van der Waals surface area (Å²) in [6.07, 6.45) is 11.6. The van der Waals surface area contributed by atoms with E-state index in [1.54, 1.807) is 12.4 Å². The van der Waals surface area contributed by atoms with Gasteiger partial charge in [0.25, 0.3) is 0 Å². The SMILES string of the molecule is O=C(NC1CCCCC1)NC1CCCN(c2cc(-c3ccncc3)[nH]n2)C1. The number of rotatable bonds is 4. The highest BCUT2D eigenvalue weighted by atomic mass is 16.2. The van der Waals surface area contributed by atoms with Gasteiger partial charge >= 0.3 is 6.03 Å². The molecule has 2 aromatic heterocycles. The molecule has 1 saturated carbocycles. The van der Waals surface area contributed by atoms with Gasteiger partial charge in [-0.2, -0.15) is 5.10 Å². The molecule has 4 rings (SSSR count). The first-order valence-electron chi connectivity index (χ1n) is 10.1. The summed E-state index contributed by atoms with van der Waals surface area (Å²) < 4.78 is 0. The monoisotopic (exact) mass is 368 g/mol. The van der Waals surface area contributed by atoms with Crippen LogP contribution in [0.5, 0.6) is 0 Å². The number of carbonyl (C=O) groups excluding carboxylic acids is 1. The molecule has 0 spiro atoms. The van der Waals surface area contributed by atoms with Gasteiger partial charge in [0.1, 0.15) is 0 Å². The molecule has 1 aliphatic carbocycles. The van der Waals surface area contributed by atoms with Crippen molar-refractivity contribution in [3.8, 4) is 11.3 Å². The summed E-state index contributed by atoms with van der Waals surface area (Å²) in [7, 11) is 0. The summed E-state index contributed by atoms with van der Waals surface area (Å²) in [5, 5.41) is 13.9.